The first-order valence-corrected chi connectivity index (χ1v) is 12.0. The molecule has 3 rings (SSSR count). The molecule has 0 bridgehead atoms. The van der Waals surface area contributed by atoms with E-state index in [9.17, 15) is 18.0 Å². The Kier molecular flexibility index (Phi) is 7.40. The molecule has 9 heteroatoms. The van der Waals surface area contributed by atoms with Gasteiger partial charge in [-0.05, 0) is 86.0 Å². The number of hydrogen-bond donors (Lipinski definition) is 3. The van der Waals surface area contributed by atoms with Crippen LogP contribution < -0.4 is 15.4 Å². The third-order valence-electron chi connectivity index (χ3n) is 5.14. The van der Waals surface area contributed by atoms with Crippen LogP contribution in [0.15, 0.2) is 65.6 Å². The SMILES string of the molecule is Cc1ccc(NS(=O)(=O)c2ccc(C(=O)NCC(=O)Nc3cccc(Cl)c3C)cc2)cc1C. The van der Waals surface area contributed by atoms with Gasteiger partial charge in [0.25, 0.3) is 15.9 Å². The Labute approximate surface area is 198 Å². The fourth-order valence-corrected chi connectivity index (χ4v) is 4.23. The summed E-state index contributed by atoms with van der Waals surface area (Å²) >= 11 is 6.04. The molecular weight excluding hydrogens is 462 g/mol. The van der Waals surface area contributed by atoms with Gasteiger partial charge in [0.2, 0.25) is 5.91 Å². The molecule has 2 amide bonds. The number of carbonyl (C=O) groups excluding carboxylic acids is 2. The number of benzene rings is 3. The monoisotopic (exact) mass is 485 g/mol. The van der Waals surface area contributed by atoms with Crippen molar-refractivity contribution < 1.29 is 18.0 Å². The van der Waals surface area contributed by atoms with Crippen LogP contribution in [-0.4, -0.2) is 26.8 Å². The van der Waals surface area contributed by atoms with E-state index in [1.165, 1.54) is 24.3 Å². The fourth-order valence-electron chi connectivity index (χ4n) is 3.00. The zero-order valence-corrected chi connectivity index (χ0v) is 20.0. The summed E-state index contributed by atoms with van der Waals surface area (Å²) < 4.78 is 27.8. The molecule has 33 heavy (non-hydrogen) atoms. The van der Waals surface area contributed by atoms with Gasteiger partial charge in [0, 0.05) is 22.0 Å². The maximum atomic E-state index is 12.6. The minimum atomic E-state index is -3.81. The second-order valence-electron chi connectivity index (χ2n) is 7.57. The molecule has 0 aliphatic carbocycles. The predicted molar refractivity (Wildman–Crippen MR) is 130 cm³/mol. The molecule has 3 aromatic rings. The summed E-state index contributed by atoms with van der Waals surface area (Å²) in [6.07, 6.45) is 0. The first-order valence-electron chi connectivity index (χ1n) is 10.1. The van der Waals surface area contributed by atoms with Crippen LogP contribution >= 0.6 is 11.6 Å². The van der Waals surface area contributed by atoms with Crippen LogP contribution in [0.1, 0.15) is 27.0 Å². The predicted octanol–water partition coefficient (Wildman–Crippen LogP) is 4.43. The van der Waals surface area contributed by atoms with Crippen molar-refractivity contribution in [3.8, 4) is 0 Å². The normalized spacial score (nSPS) is 11.0. The molecule has 0 radical (unpaired) electrons. The lowest BCUT2D eigenvalue weighted by Gasteiger charge is -2.11. The van der Waals surface area contributed by atoms with Gasteiger partial charge < -0.3 is 10.6 Å². The van der Waals surface area contributed by atoms with E-state index < -0.39 is 21.8 Å². The molecule has 0 aliphatic heterocycles. The summed E-state index contributed by atoms with van der Waals surface area (Å²) in [5.41, 5.74) is 4.01. The summed E-state index contributed by atoms with van der Waals surface area (Å²) in [4.78, 5) is 24.5. The zero-order chi connectivity index (χ0) is 24.2. The van der Waals surface area contributed by atoms with Crippen LogP contribution in [0.4, 0.5) is 11.4 Å². The van der Waals surface area contributed by atoms with Crippen molar-refractivity contribution >= 4 is 44.8 Å². The number of rotatable bonds is 7. The quantitative estimate of drug-likeness (QED) is 0.460. The molecule has 0 aliphatic rings. The summed E-state index contributed by atoms with van der Waals surface area (Å²) in [6.45, 7) is 5.37. The summed E-state index contributed by atoms with van der Waals surface area (Å²) in [5.74, 6) is -0.912. The van der Waals surface area contributed by atoms with Crippen molar-refractivity contribution in [1.82, 2.24) is 5.32 Å². The number of aryl methyl sites for hydroxylation is 2. The van der Waals surface area contributed by atoms with Gasteiger partial charge in [-0.3, -0.25) is 14.3 Å². The molecule has 0 fully saturated rings. The second kappa shape index (κ2) is 10.1. The number of hydrogen-bond acceptors (Lipinski definition) is 4. The van der Waals surface area contributed by atoms with E-state index in [0.717, 1.165) is 16.7 Å². The Morgan fingerprint density at radius 3 is 2.27 bits per heavy atom. The van der Waals surface area contributed by atoms with Gasteiger partial charge >= 0.3 is 0 Å². The number of anilines is 2. The van der Waals surface area contributed by atoms with Gasteiger partial charge in [-0.25, -0.2) is 8.42 Å². The van der Waals surface area contributed by atoms with Gasteiger partial charge in [-0.2, -0.15) is 0 Å². The van der Waals surface area contributed by atoms with Crippen LogP contribution in [0.5, 0.6) is 0 Å². The minimum absolute atomic E-state index is 0.0199. The number of halogens is 1. The molecule has 0 atom stereocenters. The van der Waals surface area contributed by atoms with Crippen molar-refractivity contribution in [2.24, 2.45) is 0 Å². The number of nitrogens with one attached hydrogen (secondary N) is 3. The van der Waals surface area contributed by atoms with E-state index >= 15 is 0 Å². The van der Waals surface area contributed by atoms with E-state index in [1.807, 2.05) is 19.9 Å². The lowest BCUT2D eigenvalue weighted by molar-refractivity contribution is -0.115. The van der Waals surface area contributed by atoms with Crippen molar-refractivity contribution in [2.75, 3.05) is 16.6 Å². The molecule has 3 N–H and O–H groups in total. The van der Waals surface area contributed by atoms with Crippen LogP contribution in [0.3, 0.4) is 0 Å². The highest BCUT2D eigenvalue weighted by Gasteiger charge is 2.16. The summed E-state index contributed by atoms with van der Waals surface area (Å²) in [7, 11) is -3.81. The topological polar surface area (TPSA) is 104 Å². The van der Waals surface area contributed by atoms with E-state index in [4.69, 9.17) is 11.6 Å². The Hall–Kier alpha value is -3.36. The minimum Gasteiger partial charge on any atom is -0.343 e. The average Bonchev–Trinajstić information content (AvgIpc) is 2.77. The summed E-state index contributed by atoms with van der Waals surface area (Å²) in [5, 5.41) is 5.73. The lowest BCUT2D eigenvalue weighted by Crippen LogP contribution is -2.33. The standard InChI is InChI=1S/C24H24ClN3O4S/c1-15-7-10-19(13-16(15)2)28-33(31,32)20-11-8-18(9-12-20)24(30)26-14-23(29)27-22-6-4-5-21(25)17(22)3/h4-13,28H,14H2,1-3H3,(H,26,30)(H,27,29). The molecule has 7 nitrogen and oxygen atoms in total. The van der Waals surface area contributed by atoms with Crippen molar-refractivity contribution in [2.45, 2.75) is 25.7 Å². The number of carbonyl (C=O) groups is 2. The Bertz CT molecular complexity index is 1310. The number of amides is 2. The average molecular weight is 486 g/mol. The van der Waals surface area contributed by atoms with Crippen LogP contribution in [-0.2, 0) is 14.8 Å². The van der Waals surface area contributed by atoms with Crippen molar-refractivity contribution in [3.05, 3.63) is 87.9 Å². The molecule has 172 valence electrons. The molecule has 0 aromatic heterocycles. The number of sulfonamides is 1. The zero-order valence-electron chi connectivity index (χ0n) is 18.4. The lowest BCUT2D eigenvalue weighted by atomic mass is 10.1. The maximum Gasteiger partial charge on any atom is 0.261 e. The molecule has 0 saturated carbocycles. The Balaban J connectivity index is 1.60. The highest BCUT2D eigenvalue weighted by Crippen LogP contribution is 2.23. The van der Waals surface area contributed by atoms with E-state index in [-0.39, 0.29) is 17.0 Å². The third-order valence-corrected chi connectivity index (χ3v) is 6.94. The van der Waals surface area contributed by atoms with Gasteiger partial charge in [-0.1, -0.05) is 23.7 Å². The maximum absolute atomic E-state index is 12.6. The van der Waals surface area contributed by atoms with Crippen LogP contribution in [0.25, 0.3) is 0 Å². The Morgan fingerprint density at radius 1 is 0.909 bits per heavy atom. The first-order chi connectivity index (χ1) is 15.6. The highest BCUT2D eigenvalue weighted by molar-refractivity contribution is 7.92. The van der Waals surface area contributed by atoms with Crippen molar-refractivity contribution in [3.63, 3.8) is 0 Å². The Morgan fingerprint density at radius 2 is 1.61 bits per heavy atom. The van der Waals surface area contributed by atoms with Gasteiger partial charge in [-0.15, -0.1) is 0 Å². The highest BCUT2D eigenvalue weighted by atomic mass is 35.5. The summed E-state index contributed by atoms with van der Waals surface area (Å²) in [6, 6.07) is 15.9. The third kappa shape index (κ3) is 6.12. The van der Waals surface area contributed by atoms with Gasteiger partial charge in [0.15, 0.2) is 0 Å². The van der Waals surface area contributed by atoms with Gasteiger partial charge in [0.1, 0.15) is 0 Å². The molecule has 0 unspecified atom stereocenters. The van der Waals surface area contributed by atoms with Crippen LogP contribution in [0.2, 0.25) is 5.02 Å². The fraction of sp³-hybridized carbons (Fsp3) is 0.167. The van der Waals surface area contributed by atoms with E-state index in [0.29, 0.717) is 16.4 Å². The smallest absolute Gasteiger partial charge is 0.261 e. The molecule has 0 saturated heterocycles. The molecule has 0 spiro atoms. The first kappa shape index (κ1) is 24.3. The van der Waals surface area contributed by atoms with Crippen LogP contribution in [0, 0.1) is 20.8 Å². The second-order valence-corrected chi connectivity index (χ2v) is 9.66. The van der Waals surface area contributed by atoms with E-state index in [1.54, 1.807) is 37.3 Å². The van der Waals surface area contributed by atoms with E-state index in [2.05, 4.69) is 15.4 Å². The van der Waals surface area contributed by atoms with Gasteiger partial charge in [0.05, 0.1) is 11.4 Å². The molecular formula is C24H24ClN3O4S. The molecule has 3 aromatic carbocycles. The van der Waals surface area contributed by atoms with Crippen molar-refractivity contribution in [1.29, 1.82) is 0 Å². The molecule has 0 heterocycles. The largest absolute Gasteiger partial charge is 0.343 e.